The first-order valence-corrected chi connectivity index (χ1v) is 9.68. The van der Waals surface area contributed by atoms with Gasteiger partial charge in [0.1, 0.15) is 12.4 Å². The average molecular weight is 397 g/mol. The molecule has 2 aromatic heterocycles. The Labute approximate surface area is 173 Å². The van der Waals surface area contributed by atoms with E-state index in [1.165, 1.54) is 17.2 Å². The van der Waals surface area contributed by atoms with E-state index in [1.54, 1.807) is 12.1 Å². The predicted octanol–water partition coefficient (Wildman–Crippen LogP) is 2.58. The van der Waals surface area contributed by atoms with Crippen molar-refractivity contribution < 1.29 is 4.79 Å². The monoisotopic (exact) mass is 397 g/mol. The molecule has 0 unspecified atom stereocenters. The molecule has 1 amide bonds. The molecule has 3 aromatic rings. The highest BCUT2D eigenvalue weighted by atomic mass is 16.1. The number of carbonyl (C=O) groups excluding carboxylic acids is 1. The van der Waals surface area contributed by atoms with Crippen LogP contribution in [0.3, 0.4) is 0 Å². The summed E-state index contributed by atoms with van der Waals surface area (Å²) < 4.78 is 1.52. The topological polar surface area (TPSA) is 120 Å². The number of nitrogens with one attached hydrogen (secondary N) is 1. The van der Waals surface area contributed by atoms with Gasteiger partial charge >= 0.3 is 0 Å². The van der Waals surface area contributed by atoms with E-state index in [0.717, 1.165) is 30.4 Å². The third-order valence-electron chi connectivity index (χ3n) is 5.30. The minimum absolute atomic E-state index is 0.162. The van der Waals surface area contributed by atoms with E-state index < -0.39 is 5.41 Å². The second-order valence-electron chi connectivity index (χ2n) is 7.25. The average Bonchev–Trinajstić information content (AvgIpc) is 3.47. The van der Waals surface area contributed by atoms with Gasteiger partial charge in [-0.25, -0.2) is 9.97 Å². The first kappa shape index (κ1) is 19.3. The van der Waals surface area contributed by atoms with Crippen molar-refractivity contribution in [2.45, 2.75) is 38.1 Å². The summed E-state index contributed by atoms with van der Waals surface area (Å²) in [6.07, 6.45) is 5.30. The van der Waals surface area contributed by atoms with E-state index in [-0.39, 0.29) is 12.5 Å². The number of hydrogen-bond donors (Lipinski definition) is 1. The summed E-state index contributed by atoms with van der Waals surface area (Å²) in [6, 6.07) is 13.4. The van der Waals surface area contributed by atoms with Crippen LogP contribution in [-0.2, 0) is 18.4 Å². The zero-order valence-electron chi connectivity index (χ0n) is 16.5. The Morgan fingerprint density at radius 3 is 2.70 bits per heavy atom. The number of carbonyl (C=O) groups is 1. The molecular weight excluding hydrogens is 378 g/mol. The normalized spacial score (nSPS) is 13.8. The molecule has 0 bridgehead atoms. The van der Waals surface area contributed by atoms with E-state index in [4.69, 9.17) is 5.26 Å². The summed E-state index contributed by atoms with van der Waals surface area (Å²) in [6.45, 7) is 2.19. The zero-order valence-corrected chi connectivity index (χ0v) is 16.5. The van der Waals surface area contributed by atoms with Crippen LogP contribution in [-0.4, -0.2) is 25.7 Å². The van der Waals surface area contributed by atoms with Crippen LogP contribution in [0.5, 0.6) is 0 Å². The molecule has 0 atom stereocenters. The van der Waals surface area contributed by atoms with Crippen molar-refractivity contribution in [3.05, 3.63) is 70.9 Å². The zero-order chi connectivity index (χ0) is 21.1. The van der Waals surface area contributed by atoms with Crippen molar-refractivity contribution >= 4 is 5.91 Å². The number of nitrogens with zero attached hydrogens (tertiary/aromatic N) is 6. The fraction of sp³-hybridized carbons (Fsp3) is 0.273. The fourth-order valence-electron chi connectivity index (χ4n) is 3.31. The highest BCUT2D eigenvalue weighted by Crippen LogP contribution is 2.48. The SMILES string of the molecule is CCc1cc(C(=O)NCc2ncnn2-c2ccc(C#N)cn2)cc(C2(C#N)CC2)c1. The smallest absolute Gasteiger partial charge is 0.251 e. The molecule has 1 aliphatic rings. The van der Waals surface area contributed by atoms with Gasteiger partial charge in [-0.05, 0) is 54.7 Å². The van der Waals surface area contributed by atoms with Crippen LogP contribution in [0.2, 0.25) is 0 Å². The summed E-state index contributed by atoms with van der Waals surface area (Å²) in [5.41, 5.74) is 2.49. The van der Waals surface area contributed by atoms with Gasteiger partial charge in [0.25, 0.3) is 5.91 Å². The largest absolute Gasteiger partial charge is 0.345 e. The third kappa shape index (κ3) is 3.63. The summed E-state index contributed by atoms with van der Waals surface area (Å²) in [5, 5.41) is 25.5. The Bertz CT molecular complexity index is 1180. The molecule has 0 aliphatic heterocycles. The first-order valence-electron chi connectivity index (χ1n) is 9.68. The Morgan fingerprint density at radius 2 is 2.07 bits per heavy atom. The molecule has 1 saturated carbocycles. The van der Waals surface area contributed by atoms with Crippen molar-refractivity contribution in [1.29, 1.82) is 10.5 Å². The van der Waals surface area contributed by atoms with Gasteiger partial charge in [0.05, 0.1) is 23.6 Å². The Hall–Kier alpha value is -4.04. The summed E-state index contributed by atoms with van der Waals surface area (Å²) in [7, 11) is 0. The number of aryl methyl sites for hydroxylation is 1. The number of hydrogen-bond acceptors (Lipinski definition) is 6. The molecule has 30 heavy (non-hydrogen) atoms. The minimum Gasteiger partial charge on any atom is -0.345 e. The van der Waals surface area contributed by atoms with Crippen molar-refractivity contribution in [3.63, 3.8) is 0 Å². The standard InChI is InChI=1S/C22H19N7O/c1-2-15-7-17(9-18(8-15)22(13-24)5-6-22)21(30)26-12-20-27-14-28-29(20)19-4-3-16(10-23)11-25-19/h3-4,7-9,11,14H,2,5-6,12H2,1H3,(H,26,30). The highest BCUT2D eigenvalue weighted by molar-refractivity contribution is 5.94. The Kier molecular flexibility index (Phi) is 4.99. The Morgan fingerprint density at radius 1 is 1.23 bits per heavy atom. The third-order valence-corrected chi connectivity index (χ3v) is 5.30. The highest BCUT2D eigenvalue weighted by Gasteiger charge is 2.45. The molecule has 1 aromatic carbocycles. The van der Waals surface area contributed by atoms with E-state index in [1.807, 2.05) is 31.2 Å². The van der Waals surface area contributed by atoms with Crippen molar-refractivity contribution in [2.75, 3.05) is 0 Å². The molecule has 8 nitrogen and oxygen atoms in total. The van der Waals surface area contributed by atoms with E-state index in [2.05, 4.69) is 26.5 Å². The summed E-state index contributed by atoms with van der Waals surface area (Å²) in [5.74, 6) is 0.793. The lowest BCUT2D eigenvalue weighted by atomic mass is 9.92. The van der Waals surface area contributed by atoms with Crippen LogP contribution in [0.25, 0.3) is 5.82 Å². The minimum atomic E-state index is -0.443. The van der Waals surface area contributed by atoms with Crippen molar-refractivity contribution in [3.8, 4) is 18.0 Å². The number of aromatic nitrogens is 4. The van der Waals surface area contributed by atoms with Gasteiger partial charge in [-0.1, -0.05) is 13.0 Å². The molecule has 0 saturated heterocycles. The molecule has 148 valence electrons. The van der Waals surface area contributed by atoms with E-state index >= 15 is 0 Å². The first-order chi connectivity index (χ1) is 14.6. The second kappa shape index (κ2) is 7.76. The van der Waals surface area contributed by atoms with Gasteiger partial charge in [-0.15, -0.1) is 0 Å². The number of pyridine rings is 1. The summed E-state index contributed by atoms with van der Waals surface area (Å²) in [4.78, 5) is 21.2. The maximum Gasteiger partial charge on any atom is 0.251 e. The van der Waals surface area contributed by atoms with Crippen molar-refractivity contribution in [1.82, 2.24) is 25.1 Å². The van der Waals surface area contributed by atoms with E-state index in [0.29, 0.717) is 22.8 Å². The van der Waals surface area contributed by atoms with Crippen LogP contribution in [0, 0.1) is 22.7 Å². The molecule has 1 aliphatic carbocycles. The molecule has 2 heterocycles. The lowest BCUT2D eigenvalue weighted by Crippen LogP contribution is -2.25. The fourth-order valence-corrected chi connectivity index (χ4v) is 3.31. The lowest BCUT2D eigenvalue weighted by molar-refractivity contribution is 0.0949. The Balaban J connectivity index is 1.52. The summed E-state index contributed by atoms with van der Waals surface area (Å²) >= 11 is 0. The molecule has 4 rings (SSSR count). The maximum atomic E-state index is 12.8. The van der Waals surface area contributed by atoms with Crippen LogP contribution in [0.4, 0.5) is 0 Å². The van der Waals surface area contributed by atoms with Crippen LogP contribution in [0.1, 0.15) is 52.6 Å². The number of nitriles is 2. The van der Waals surface area contributed by atoms with Crippen LogP contribution < -0.4 is 5.32 Å². The van der Waals surface area contributed by atoms with Crippen LogP contribution >= 0.6 is 0 Å². The molecule has 1 N–H and O–H groups in total. The van der Waals surface area contributed by atoms with Gasteiger partial charge in [0.15, 0.2) is 11.6 Å². The maximum absolute atomic E-state index is 12.8. The number of benzene rings is 1. The quantitative estimate of drug-likeness (QED) is 0.682. The van der Waals surface area contributed by atoms with Crippen LogP contribution in [0.15, 0.2) is 42.9 Å². The van der Waals surface area contributed by atoms with Gasteiger partial charge in [-0.2, -0.15) is 20.3 Å². The van der Waals surface area contributed by atoms with Gasteiger partial charge in [-0.3, -0.25) is 4.79 Å². The molecule has 0 spiro atoms. The van der Waals surface area contributed by atoms with Gasteiger partial charge in [0.2, 0.25) is 0 Å². The number of rotatable bonds is 6. The van der Waals surface area contributed by atoms with Gasteiger partial charge in [0, 0.05) is 11.8 Å². The predicted molar refractivity (Wildman–Crippen MR) is 107 cm³/mol. The van der Waals surface area contributed by atoms with E-state index in [9.17, 15) is 10.1 Å². The van der Waals surface area contributed by atoms with Crippen molar-refractivity contribution in [2.24, 2.45) is 0 Å². The number of amides is 1. The molecule has 0 radical (unpaired) electrons. The molecule has 1 fully saturated rings. The van der Waals surface area contributed by atoms with Gasteiger partial charge < -0.3 is 5.32 Å². The lowest BCUT2D eigenvalue weighted by Gasteiger charge is -2.12. The molecular formula is C22H19N7O. The second-order valence-corrected chi connectivity index (χ2v) is 7.25. The molecule has 8 heteroatoms.